The van der Waals surface area contributed by atoms with Gasteiger partial charge in [0.25, 0.3) is 0 Å². The zero-order chi connectivity index (χ0) is 60.1. The van der Waals surface area contributed by atoms with Crippen LogP contribution in [0.1, 0.15) is 222 Å². The first-order chi connectivity index (χ1) is 36.9. The highest BCUT2D eigenvalue weighted by Gasteiger charge is 2.43. The molecule has 418 valence electrons. The molecule has 0 unspecified atom stereocenters. The van der Waals surface area contributed by atoms with Crippen molar-refractivity contribution in [3.05, 3.63) is 150 Å². The Kier molecular flexibility index (Phi) is 21.3. The zero-order valence-corrected chi connectivity index (χ0v) is 58.5. The molecule has 0 saturated heterocycles. The molecule has 0 aliphatic carbocycles. The van der Waals surface area contributed by atoms with Crippen LogP contribution < -0.4 is 0 Å². The Morgan fingerprint density at radius 2 is 0.537 bits per heavy atom. The Morgan fingerprint density at radius 3 is 0.775 bits per heavy atom. The maximum absolute atomic E-state index is 3.99. The summed E-state index contributed by atoms with van der Waals surface area (Å²) < 4.78 is 1.66. The van der Waals surface area contributed by atoms with Crippen LogP contribution in [0.2, 0.25) is 33.2 Å². The predicted molar refractivity (Wildman–Crippen MR) is 364 cm³/mol. The van der Waals surface area contributed by atoms with E-state index in [-0.39, 0.29) is 21.7 Å². The summed E-state index contributed by atoms with van der Waals surface area (Å²) in [5.74, 6) is 33.8. The molecule has 0 aliphatic heterocycles. The highest BCUT2D eigenvalue weighted by Crippen LogP contribution is 2.43. The first-order valence-corrected chi connectivity index (χ1v) is 35.2. The second-order valence-electron chi connectivity index (χ2n) is 28.2. The third-order valence-corrected chi connectivity index (χ3v) is 30.5. The molecular weight excluding hydrogens is 1130 g/mol. The summed E-state index contributed by atoms with van der Waals surface area (Å²) in [4.78, 5) is 0. The first kappa shape index (κ1) is 65.7. The van der Waals surface area contributed by atoms with E-state index in [0.29, 0.717) is 33.2 Å². The van der Waals surface area contributed by atoms with Crippen molar-refractivity contribution < 1.29 is 0 Å². The standard InChI is InChI=1S/C76H92Br2Si2/c1-51(2)79(52(3)4,53(5)6)39-37-61-41-59(65-43-67(73(13,14)15)49-68(44-65)74(16,17)18)35-33-57(61)29-25-27-31-63-47-72(78)64(48-71(63)77)32-28-26-30-58-34-36-60(42-62(58)38-40-80(54(7)8,55(9)10)56(11)12)66-45-69(75(19,20)21)50-70(46-66)76(22,23)24/h33-36,41-56H,1-24H3. The van der Waals surface area contributed by atoms with E-state index in [0.717, 1.165) is 53.5 Å². The number of halogens is 2. The molecule has 5 aromatic carbocycles. The molecule has 0 nitrogen and oxygen atoms in total. The number of rotatable bonds is 8. The lowest BCUT2D eigenvalue weighted by atomic mass is 9.79. The molecule has 0 N–H and O–H groups in total. The highest BCUT2D eigenvalue weighted by atomic mass is 79.9. The minimum absolute atomic E-state index is 0.00380. The SMILES string of the molecule is CC(C)[Si](C#Cc1cc(-c2cc(C(C)(C)C)cc(C(C)(C)C)c2)ccc1C#CC#Cc1cc(Br)c(C#CC#Cc2ccc(-c3cc(C(C)(C)C)cc(C(C)(C)C)c3)cc2C#C[Si](C(C)C)(C(C)C)C(C)C)cc1Br)(C(C)C)C(C)C. The molecule has 5 rings (SSSR count). The van der Waals surface area contributed by atoms with Gasteiger partial charge in [0.1, 0.15) is 16.1 Å². The van der Waals surface area contributed by atoms with E-state index in [1.807, 2.05) is 12.1 Å². The lowest BCUT2D eigenvalue weighted by molar-refractivity contribution is 0.568. The Bertz CT molecular complexity index is 3150. The summed E-state index contributed by atoms with van der Waals surface area (Å²) in [6.07, 6.45) is 0. The van der Waals surface area contributed by atoms with E-state index in [2.05, 4.69) is 341 Å². The second-order valence-corrected chi connectivity index (χ2v) is 41.1. The Labute approximate surface area is 507 Å². The van der Waals surface area contributed by atoms with Crippen LogP contribution in [-0.4, -0.2) is 16.1 Å². The van der Waals surface area contributed by atoms with Crippen molar-refractivity contribution in [2.45, 2.75) is 221 Å². The van der Waals surface area contributed by atoms with Gasteiger partial charge in [-0.1, -0.05) is 250 Å². The molecular formula is C76H92Br2Si2. The van der Waals surface area contributed by atoms with Crippen molar-refractivity contribution >= 4 is 48.0 Å². The van der Waals surface area contributed by atoms with E-state index in [1.54, 1.807) is 0 Å². The molecule has 0 aliphatic rings. The van der Waals surface area contributed by atoms with Crippen molar-refractivity contribution in [3.8, 4) is 92.5 Å². The molecule has 0 saturated carbocycles. The quantitative estimate of drug-likeness (QED) is 0.107. The van der Waals surface area contributed by atoms with E-state index >= 15 is 0 Å². The van der Waals surface area contributed by atoms with Gasteiger partial charge in [0.2, 0.25) is 0 Å². The molecule has 0 heterocycles. The third-order valence-electron chi connectivity index (χ3n) is 16.6. The Hall–Kier alpha value is -5.15. The average molecular weight is 1220 g/mol. The molecule has 0 amide bonds. The summed E-state index contributed by atoms with van der Waals surface area (Å²) in [5.41, 5.74) is 26.4. The molecule has 0 aromatic heterocycles. The minimum Gasteiger partial charge on any atom is -0.125 e. The number of hydrogen-bond acceptors (Lipinski definition) is 0. The van der Waals surface area contributed by atoms with Gasteiger partial charge in [0.15, 0.2) is 0 Å². The van der Waals surface area contributed by atoms with E-state index < -0.39 is 16.1 Å². The van der Waals surface area contributed by atoms with Gasteiger partial charge in [-0.25, -0.2) is 0 Å². The topological polar surface area (TPSA) is 0 Å². The fourth-order valence-corrected chi connectivity index (χ4v) is 22.9. The third kappa shape index (κ3) is 15.7. The van der Waals surface area contributed by atoms with Gasteiger partial charge in [0, 0.05) is 42.3 Å². The summed E-state index contributed by atoms with van der Waals surface area (Å²) in [6.45, 7) is 55.9. The van der Waals surface area contributed by atoms with Crippen LogP contribution >= 0.6 is 31.9 Å². The van der Waals surface area contributed by atoms with Crippen LogP contribution in [0.15, 0.2) is 93.9 Å². The number of hydrogen-bond donors (Lipinski definition) is 0. The van der Waals surface area contributed by atoms with Crippen LogP contribution in [-0.2, 0) is 21.7 Å². The lowest BCUT2D eigenvalue weighted by Gasteiger charge is -2.38. The summed E-state index contributed by atoms with van der Waals surface area (Å²) in [6, 6.07) is 31.4. The van der Waals surface area contributed by atoms with E-state index in [9.17, 15) is 0 Å². The van der Waals surface area contributed by atoms with Gasteiger partial charge >= 0.3 is 0 Å². The second kappa shape index (κ2) is 26.0. The fraction of sp³-hybridized carbons (Fsp3) is 0.447. The summed E-state index contributed by atoms with van der Waals surface area (Å²) in [7, 11) is -4.07. The number of benzene rings is 5. The van der Waals surface area contributed by atoms with E-state index in [1.165, 1.54) is 33.4 Å². The van der Waals surface area contributed by atoms with Crippen molar-refractivity contribution in [2.24, 2.45) is 0 Å². The van der Waals surface area contributed by atoms with Crippen LogP contribution in [0.4, 0.5) is 0 Å². The zero-order valence-electron chi connectivity index (χ0n) is 53.3. The van der Waals surface area contributed by atoms with Crippen molar-refractivity contribution in [3.63, 3.8) is 0 Å². The van der Waals surface area contributed by atoms with E-state index in [4.69, 9.17) is 0 Å². The van der Waals surface area contributed by atoms with Crippen LogP contribution in [0.25, 0.3) is 22.3 Å². The largest absolute Gasteiger partial charge is 0.146 e. The normalized spacial score (nSPS) is 12.2. The smallest absolute Gasteiger partial charge is 0.125 e. The van der Waals surface area contributed by atoms with Gasteiger partial charge in [-0.05, 0) is 191 Å². The minimum atomic E-state index is -2.04. The van der Waals surface area contributed by atoms with Crippen LogP contribution in [0, 0.1) is 70.3 Å². The molecule has 80 heavy (non-hydrogen) atoms. The van der Waals surface area contributed by atoms with Gasteiger partial charge < -0.3 is 0 Å². The molecule has 4 heteroatoms. The molecule has 5 aromatic rings. The van der Waals surface area contributed by atoms with Gasteiger partial charge in [0.05, 0.1) is 0 Å². The average Bonchev–Trinajstić information content (AvgIpc) is 3.34. The highest BCUT2D eigenvalue weighted by molar-refractivity contribution is 9.11. The lowest BCUT2D eigenvalue weighted by Crippen LogP contribution is -2.43. The predicted octanol–water partition coefficient (Wildman–Crippen LogP) is 21.7. The summed E-state index contributed by atoms with van der Waals surface area (Å²) >= 11 is 7.60. The van der Waals surface area contributed by atoms with Crippen molar-refractivity contribution in [1.82, 2.24) is 0 Å². The maximum Gasteiger partial charge on any atom is 0.146 e. The van der Waals surface area contributed by atoms with Gasteiger partial charge in [-0.2, -0.15) is 0 Å². The van der Waals surface area contributed by atoms with Crippen molar-refractivity contribution in [1.29, 1.82) is 0 Å². The monoisotopic (exact) mass is 1220 g/mol. The molecule has 0 atom stereocenters. The molecule has 0 bridgehead atoms. The summed E-state index contributed by atoms with van der Waals surface area (Å²) in [5, 5.41) is 0. The molecule has 0 radical (unpaired) electrons. The van der Waals surface area contributed by atoms with Gasteiger partial charge in [-0.15, -0.1) is 11.1 Å². The van der Waals surface area contributed by atoms with Gasteiger partial charge in [-0.3, -0.25) is 0 Å². The maximum atomic E-state index is 3.99. The van der Waals surface area contributed by atoms with Crippen LogP contribution in [0.5, 0.6) is 0 Å². The van der Waals surface area contributed by atoms with Crippen molar-refractivity contribution in [2.75, 3.05) is 0 Å². The Morgan fingerprint density at radius 1 is 0.287 bits per heavy atom. The fourth-order valence-electron chi connectivity index (χ4n) is 11.5. The molecule has 0 fully saturated rings. The molecule has 0 spiro atoms. The first-order valence-electron chi connectivity index (χ1n) is 29.1. The Balaban J connectivity index is 1.57. The van der Waals surface area contributed by atoms with Crippen LogP contribution in [0.3, 0.4) is 0 Å².